The van der Waals surface area contributed by atoms with E-state index >= 15 is 0 Å². The summed E-state index contributed by atoms with van der Waals surface area (Å²) in [5.41, 5.74) is 8.08. The Bertz CT molecular complexity index is 567. The molecule has 2 rings (SSSR count). The zero-order valence-electron chi connectivity index (χ0n) is 10.3. The number of thioether (sulfide) groups is 1. The second-order valence-corrected chi connectivity index (χ2v) is 5.16. The summed E-state index contributed by atoms with van der Waals surface area (Å²) in [7, 11) is 0. The lowest BCUT2D eigenvalue weighted by molar-refractivity contribution is -0.142. The highest BCUT2D eigenvalue weighted by molar-refractivity contribution is 8.00. The lowest BCUT2D eigenvalue weighted by Gasteiger charge is -2.07. The number of nitrogens with zero attached hydrogens (tertiary/aromatic N) is 1. The number of carbonyl (C=O) groups is 1. The van der Waals surface area contributed by atoms with Crippen molar-refractivity contribution in [2.24, 2.45) is 0 Å². The average molecular weight is 265 g/mol. The number of nitrogen functional groups attached to an aromatic ring is 1. The Morgan fingerprint density at radius 3 is 3.11 bits per heavy atom. The van der Waals surface area contributed by atoms with E-state index in [4.69, 9.17) is 10.5 Å². The molecule has 0 aliphatic carbocycles. The van der Waals surface area contributed by atoms with E-state index in [1.807, 2.05) is 12.1 Å². The highest BCUT2D eigenvalue weighted by Gasteiger charge is 2.17. The third-order valence-corrected chi connectivity index (χ3v) is 3.35. The largest absolute Gasteiger partial charge is 0.465 e. The number of anilines is 1. The van der Waals surface area contributed by atoms with E-state index in [1.165, 1.54) is 11.8 Å². The second kappa shape index (κ2) is 5.30. The molecule has 0 amide bonds. The third-order valence-electron chi connectivity index (χ3n) is 2.39. The molecule has 0 bridgehead atoms. The number of nitrogens with two attached hydrogens (primary N) is 1. The molecule has 0 spiro atoms. The summed E-state index contributed by atoms with van der Waals surface area (Å²) >= 11 is 1.34. The zero-order valence-corrected chi connectivity index (χ0v) is 11.1. The number of ether oxygens (including phenoxy) is 1. The first-order chi connectivity index (χ1) is 8.60. The molecule has 0 aliphatic rings. The van der Waals surface area contributed by atoms with Gasteiger partial charge < -0.3 is 15.5 Å². The van der Waals surface area contributed by atoms with Crippen molar-refractivity contribution in [2.75, 3.05) is 12.3 Å². The van der Waals surface area contributed by atoms with Crippen molar-refractivity contribution in [3.63, 3.8) is 0 Å². The number of aromatic nitrogens is 2. The van der Waals surface area contributed by atoms with Gasteiger partial charge >= 0.3 is 5.97 Å². The summed E-state index contributed by atoms with van der Waals surface area (Å²) in [5, 5.41) is 0.402. The minimum Gasteiger partial charge on any atom is -0.465 e. The molecule has 0 radical (unpaired) electrons. The number of imidazole rings is 1. The van der Waals surface area contributed by atoms with Crippen molar-refractivity contribution in [3.05, 3.63) is 18.2 Å². The molecule has 1 aromatic heterocycles. The molecular weight excluding hydrogens is 250 g/mol. The van der Waals surface area contributed by atoms with E-state index in [-0.39, 0.29) is 11.2 Å². The van der Waals surface area contributed by atoms with Crippen LogP contribution in [-0.2, 0) is 9.53 Å². The number of aromatic amines is 1. The normalized spacial score (nSPS) is 12.6. The SMILES string of the molecule is CCOC(=O)C(C)Sc1nc2ccc(N)cc2[nH]1. The summed E-state index contributed by atoms with van der Waals surface area (Å²) in [6.07, 6.45) is 0. The van der Waals surface area contributed by atoms with Gasteiger partial charge in [-0.15, -0.1) is 0 Å². The van der Waals surface area contributed by atoms with Gasteiger partial charge in [-0.3, -0.25) is 4.79 Å². The van der Waals surface area contributed by atoms with Crippen LogP contribution < -0.4 is 5.73 Å². The van der Waals surface area contributed by atoms with Gasteiger partial charge in [-0.05, 0) is 32.0 Å². The number of esters is 1. The van der Waals surface area contributed by atoms with Crippen LogP contribution in [0.2, 0.25) is 0 Å². The number of benzene rings is 1. The molecule has 0 fully saturated rings. The van der Waals surface area contributed by atoms with Gasteiger partial charge in [-0.1, -0.05) is 11.8 Å². The van der Waals surface area contributed by atoms with Crippen LogP contribution in [0.3, 0.4) is 0 Å². The van der Waals surface area contributed by atoms with Crippen molar-refractivity contribution < 1.29 is 9.53 Å². The smallest absolute Gasteiger partial charge is 0.319 e. The van der Waals surface area contributed by atoms with Gasteiger partial charge in [0.2, 0.25) is 0 Å². The minimum atomic E-state index is -0.289. The van der Waals surface area contributed by atoms with E-state index in [9.17, 15) is 4.79 Å². The number of rotatable bonds is 4. The Morgan fingerprint density at radius 1 is 1.61 bits per heavy atom. The molecule has 18 heavy (non-hydrogen) atoms. The first-order valence-electron chi connectivity index (χ1n) is 5.68. The molecule has 1 atom stereocenters. The Labute approximate surface area is 109 Å². The van der Waals surface area contributed by atoms with Gasteiger partial charge in [0.05, 0.1) is 17.6 Å². The van der Waals surface area contributed by atoms with Gasteiger partial charge in [-0.2, -0.15) is 0 Å². The van der Waals surface area contributed by atoms with Crippen molar-refractivity contribution in [1.82, 2.24) is 9.97 Å². The number of H-pyrrole nitrogens is 1. The number of fused-ring (bicyclic) bond motifs is 1. The quantitative estimate of drug-likeness (QED) is 0.503. The van der Waals surface area contributed by atoms with Gasteiger partial charge in [0.15, 0.2) is 5.16 Å². The van der Waals surface area contributed by atoms with Crippen LogP contribution in [-0.4, -0.2) is 27.8 Å². The third kappa shape index (κ3) is 2.76. The lowest BCUT2D eigenvalue weighted by atomic mass is 10.3. The highest BCUT2D eigenvalue weighted by atomic mass is 32.2. The van der Waals surface area contributed by atoms with Crippen LogP contribution in [0.5, 0.6) is 0 Å². The van der Waals surface area contributed by atoms with E-state index < -0.39 is 0 Å². The zero-order chi connectivity index (χ0) is 13.1. The standard InChI is InChI=1S/C12H15N3O2S/c1-3-17-11(16)7(2)18-12-14-9-5-4-8(13)6-10(9)15-12/h4-7H,3,13H2,1-2H3,(H,14,15). The topological polar surface area (TPSA) is 81.0 Å². The highest BCUT2D eigenvalue weighted by Crippen LogP contribution is 2.24. The molecule has 0 aliphatic heterocycles. The van der Waals surface area contributed by atoms with Crippen molar-refractivity contribution in [1.29, 1.82) is 0 Å². The van der Waals surface area contributed by atoms with Crippen LogP contribution >= 0.6 is 11.8 Å². The summed E-state index contributed by atoms with van der Waals surface area (Å²) in [4.78, 5) is 19.0. The molecule has 5 nitrogen and oxygen atoms in total. The molecule has 1 heterocycles. The van der Waals surface area contributed by atoms with E-state index in [0.29, 0.717) is 17.5 Å². The summed E-state index contributed by atoms with van der Waals surface area (Å²) in [5.74, 6) is -0.234. The fraction of sp³-hybridized carbons (Fsp3) is 0.333. The van der Waals surface area contributed by atoms with Crippen LogP contribution in [0.4, 0.5) is 5.69 Å². The number of nitrogens with one attached hydrogen (secondary N) is 1. The monoisotopic (exact) mass is 265 g/mol. The van der Waals surface area contributed by atoms with Crippen molar-refractivity contribution in [3.8, 4) is 0 Å². The molecule has 0 saturated heterocycles. The molecule has 3 N–H and O–H groups in total. The van der Waals surface area contributed by atoms with Crippen LogP contribution in [0.15, 0.2) is 23.4 Å². The van der Waals surface area contributed by atoms with Crippen LogP contribution in [0.1, 0.15) is 13.8 Å². The molecule has 6 heteroatoms. The molecule has 96 valence electrons. The fourth-order valence-corrected chi connectivity index (χ4v) is 2.35. The Kier molecular flexibility index (Phi) is 3.76. The number of carbonyl (C=O) groups excluding carboxylic acids is 1. The summed E-state index contributed by atoms with van der Waals surface area (Å²) in [6, 6.07) is 5.47. The number of hydrogen-bond donors (Lipinski definition) is 2. The Balaban J connectivity index is 2.14. The van der Waals surface area contributed by atoms with Crippen molar-refractivity contribution >= 4 is 34.5 Å². The summed E-state index contributed by atoms with van der Waals surface area (Å²) in [6.45, 7) is 3.98. The molecule has 2 aromatic rings. The van der Waals surface area contributed by atoms with Gasteiger partial charge in [0.25, 0.3) is 0 Å². The fourth-order valence-electron chi connectivity index (χ4n) is 1.53. The average Bonchev–Trinajstić information content (AvgIpc) is 2.70. The summed E-state index contributed by atoms with van der Waals surface area (Å²) < 4.78 is 4.95. The predicted molar refractivity (Wildman–Crippen MR) is 72.5 cm³/mol. The second-order valence-electron chi connectivity index (χ2n) is 3.83. The minimum absolute atomic E-state index is 0.234. The van der Waals surface area contributed by atoms with E-state index in [2.05, 4.69) is 9.97 Å². The first-order valence-corrected chi connectivity index (χ1v) is 6.56. The van der Waals surface area contributed by atoms with Gasteiger partial charge in [0, 0.05) is 5.69 Å². The Hall–Kier alpha value is -1.69. The van der Waals surface area contributed by atoms with E-state index in [1.54, 1.807) is 19.9 Å². The Morgan fingerprint density at radius 2 is 2.39 bits per heavy atom. The molecule has 1 unspecified atom stereocenters. The molecular formula is C12H15N3O2S. The van der Waals surface area contributed by atoms with Gasteiger partial charge in [-0.25, -0.2) is 4.98 Å². The molecule has 1 aromatic carbocycles. The molecule has 0 saturated carbocycles. The lowest BCUT2D eigenvalue weighted by Crippen LogP contribution is -2.16. The van der Waals surface area contributed by atoms with Gasteiger partial charge in [0.1, 0.15) is 5.25 Å². The van der Waals surface area contributed by atoms with E-state index in [0.717, 1.165) is 11.0 Å². The maximum absolute atomic E-state index is 11.5. The van der Waals surface area contributed by atoms with Crippen molar-refractivity contribution in [2.45, 2.75) is 24.3 Å². The van der Waals surface area contributed by atoms with Crippen LogP contribution in [0, 0.1) is 0 Å². The van der Waals surface area contributed by atoms with Crippen LogP contribution in [0.25, 0.3) is 11.0 Å². The first kappa shape index (κ1) is 12.8. The maximum atomic E-state index is 11.5. The maximum Gasteiger partial charge on any atom is 0.319 e. The number of hydrogen-bond acceptors (Lipinski definition) is 5. The predicted octanol–water partition coefficient (Wildman–Crippen LogP) is 2.19.